The lowest BCUT2D eigenvalue weighted by Gasteiger charge is -2.34. The number of aromatic nitrogens is 1. The largest absolute Gasteiger partial charge is 0.256 e. The van der Waals surface area contributed by atoms with Gasteiger partial charge in [-0.15, -0.1) is 0 Å². The molecule has 1 fully saturated rings. The first kappa shape index (κ1) is 17.1. The molecule has 1 heterocycles. The topological polar surface area (TPSA) is 12.9 Å². The first-order chi connectivity index (χ1) is 12.7. The van der Waals surface area contributed by atoms with Gasteiger partial charge in [0.2, 0.25) is 0 Å². The SMILES string of the molecule is BC(B)(c1ccccc1-c1ccc(-c2ccccc2)cn1)C1CCCC1. The Balaban J connectivity index is 1.70. The molecule has 1 nitrogen and oxygen atoms in total. The average molecular weight is 337 g/mol. The fourth-order valence-electron chi connectivity index (χ4n) is 4.49. The van der Waals surface area contributed by atoms with Crippen molar-refractivity contribution in [3.63, 3.8) is 0 Å². The summed E-state index contributed by atoms with van der Waals surface area (Å²) in [4.78, 5) is 4.83. The zero-order valence-electron chi connectivity index (χ0n) is 15.8. The Bertz CT molecular complexity index is 866. The molecule has 4 rings (SSSR count). The van der Waals surface area contributed by atoms with Crippen LogP contribution in [0.4, 0.5) is 0 Å². The van der Waals surface area contributed by atoms with Crippen LogP contribution in [0.25, 0.3) is 22.4 Å². The van der Waals surface area contributed by atoms with Gasteiger partial charge in [-0.25, -0.2) is 0 Å². The van der Waals surface area contributed by atoms with Gasteiger partial charge in [-0.1, -0.05) is 91.6 Å². The number of nitrogens with zero attached hydrogens (tertiary/aromatic N) is 1. The van der Waals surface area contributed by atoms with Crippen LogP contribution in [0.15, 0.2) is 72.9 Å². The van der Waals surface area contributed by atoms with Gasteiger partial charge in [-0.3, -0.25) is 4.98 Å². The fraction of sp³-hybridized carbons (Fsp3) is 0.261. The third-order valence-corrected chi connectivity index (χ3v) is 6.14. The molecule has 1 saturated carbocycles. The van der Waals surface area contributed by atoms with Gasteiger partial charge in [0.05, 0.1) is 5.69 Å². The van der Waals surface area contributed by atoms with E-state index in [1.807, 2.05) is 12.3 Å². The van der Waals surface area contributed by atoms with Crippen LogP contribution in [0.5, 0.6) is 0 Å². The van der Waals surface area contributed by atoms with Crippen LogP contribution < -0.4 is 0 Å². The van der Waals surface area contributed by atoms with Crippen molar-refractivity contribution < 1.29 is 0 Å². The fourth-order valence-corrected chi connectivity index (χ4v) is 4.49. The monoisotopic (exact) mass is 337 g/mol. The van der Waals surface area contributed by atoms with Gasteiger partial charge < -0.3 is 0 Å². The van der Waals surface area contributed by atoms with Crippen LogP contribution in [0.1, 0.15) is 31.2 Å². The van der Waals surface area contributed by atoms with Crippen molar-refractivity contribution in [3.05, 3.63) is 78.5 Å². The van der Waals surface area contributed by atoms with E-state index < -0.39 is 0 Å². The molecule has 128 valence electrons. The Hall–Kier alpha value is -2.28. The molecule has 1 aliphatic rings. The average Bonchev–Trinajstić information content (AvgIpc) is 3.25. The zero-order valence-corrected chi connectivity index (χ0v) is 15.8. The number of hydrogen-bond acceptors (Lipinski definition) is 1. The molecule has 0 atom stereocenters. The van der Waals surface area contributed by atoms with Crippen molar-refractivity contribution in [2.75, 3.05) is 0 Å². The van der Waals surface area contributed by atoms with Crippen LogP contribution in [-0.2, 0) is 5.21 Å². The summed E-state index contributed by atoms with van der Waals surface area (Å²) in [7, 11) is 4.83. The molecule has 1 aliphatic carbocycles. The molecular formula is C23H25B2N. The summed E-state index contributed by atoms with van der Waals surface area (Å²) in [5, 5.41) is 0.187. The van der Waals surface area contributed by atoms with Gasteiger partial charge in [0.1, 0.15) is 15.7 Å². The van der Waals surface area contributed by atoms with E-state index in [2.05, 4.69) is 76.4 Å². The lowest BCUT2D eigenvalue weighted by Crippen LogP contribution is -2.35. The molecule has 26 heavy (non-hydrogen) atoms. The second-order valence-corrected chi connectivity index (χ2v) is 8.05. The van der Waals surface area contributed by atoms with E-state index >= 15 is 0 Å². The molecule has 3 heteroatoms. The molecule has 3 aromatic rings. The van der Waals surface area contributed by atoms with Crippen LogP contribution in [0.3, 0.4) is 0 Å². The molecule has 0 N–H and O–H groups in total. The summed E-state index contributed by atoms with van der Waals surface area (Å²) in [6.45, 7) is 0. The van der Waals surface area contributed by atoms with Crippen molar-refractivity contribution in [2.24, 2.45) is 5.92 Å². The summed E-state index contributed by atoms with van der Waals surface area (Å²) in [6, 6.07) is 23.7. The maximum Gasteiger partial charge on any atom is 0.105 e. The van der Waals surface area contributed by atoms with E-state index in [1.54, 1.807) is 0 Å². The molecule has 0 unspecified atom stereocenters. The van der Waals surface area contributed by atoms with Gasteiger partial charge in [0.25, 0.3) is 0 Å². The highest BCUT2D eigenvalue weighted by atomic mass is 14.7. The molecule has 0 spiro atoms. The Morgan fingerprint density at radius 1 is 0.769 bits per heavy atom. The van der Waals surface area contributed by atoms with Gasteiger partial charge in [0, 0.05) is 17.3 Å². The second kappa shape index (κ2) is 7.15. The number of hydrogen-bond donors (Lipinski definition) is 0. The van der Waals surface area contributed by atoms with E-state index in [1.165, 1.54) is 47.9 Å². The maximum atomic E-state index is 4.83. The molecule has 0 bridgehead atoms. The Morgan fingerprint density at radius 2 is 1.46 bits per heavy atom. The van der Waals surface area contributed by atoms with Crippen molar-refractivity contribution in [1.82, 2.24) is 4.98 Å². The molecule has 0 amide bonds. The number of benzene rings is 2. The van der Waals surface area contributed by atoms with Gasteiger partial charge in [0.15, 0.2) is 0 Å². The summed E-state index contributed by atoms with van der Waals surface area (Å²) in [6.07, 6.45) is 7.45. The summed E-state index contributed by atoms with van der Waals surface area (Å²) in [5.74, 6) is 0.771. The molecular weight excluding hydrogens is 312 g/mol. The first-order valence-electron chi connectivity index (χ1n) is 9.77. The highest BCUT2D eigenvalue weighted by Crippen LogP contribution is 2.41. The standard InChI is InChI=1S/C23H25B2N/c24-23(25,19-10-4-5-11-19)21-13-7-6-12-20(21)22-15-14-18(16-26-22)17-8-2-1-3-9-17/h1-3,6-9,12-16,19H,4-5,10-11,24-25H2. The van der Waals surface area contributed by atoms with E-state index in [9.17, 15) is 0 Å². The highest BCUT2D eigenvalue weighted by Gasteiger charge is 2.34. The minimum atomic E-state index is 0.187. The van der Waals surface area contributed by atoms with E-state index in [0.29, 0.717) is 0 Å². The van der Waals surface area contributed by atoms with Crippen LogP contribution in [0, 0.1) is 5.92 Å². The quantitative estimate of drug-likeness (QED) is 0.655. The lowest BCUT2D eigenvalue weighted by atomic mass is 9.44. The van der Waals surface area contributed by atoms with E-state index in [4.69, 9.17) is 4.98 Å². The minimum Gasteiger partial charge on any atom is -0.256 e. The Labute approximate surface area is 158 Å². The van der Waals surface area contributed by atoms with Crippen LogP contribution in [-0.4, -0.2) is 20.7 Å². The van der Waals surface area contributed by atoms with Crippen molar-refractivity contribution in [1.29, 1.82) is 0 Å². The van der Waals surface area contributed by atoms with Crippen molar-refractivity contribution >= 4 is 15.7 Å². The van der Waals surface area contributed by atoms with Crippen molar-refractivity contribution in [2.45, 2.75) is 30.9 Å². The third kappa shape index (κ3) is 3.23. The van der Waals surface area contributed by atoms with E-state index in [-0.39, 0.29) is 5.21 Å². The lowest BCUT2D eigenvalue weighted by molar-refractivity contribution is 0.487. The predicted octanol–water partition coefficient (Wildman–Crippen LogP) is 4.02. The van der Waals surface area contributed by atoms with Crippen LogP contribution >= 0.6 is 0 Å². The van der Waals surface area contributed by atoms with Crippen molar-refractivity contribution in [3.8, 4) is 22.4 Å². The summed E-state index contributed by atoms with van der Waals surface area (Å²) < 4.78 is 0. The molecule has 2 aromatic carbocycles. The Kier molecular flexibility index (Phi) is 4.72. The zero-order chi connectivity index (χ0) is 18.0. The minimum absolute atomic E-state index is 0.187. The number of pyridine rings is 1. The molecule has 0 aliphatic heterocycles. The number of rotatable bonds is 4. The normalized spacial score (nSPS) is 15.2. The van der Waals surface area contributed by atoms with Gasteiger partial charge in [-0.2, -0.15) is 0 Å². The summed E-state index contributed by atoms with van der Waals surface area (Å²) in [5.41, 5.74) is 6.18. The third-order valence-electron chi connectivity index (χ3n) is 6.14. The summed E-state index contributed by atoms with van der Waals surface area (Å²) >= 11 is 0. The second-order valence-electron chi connectivity index (χ2n) is 8.05. The molecule has 0 radical (unpaired) electrons. The smallest absolute Gasteiger partial charge is 0.105 e. The van der Waals surface area contributed by atoms with Gasteiger partial charge >= 0.3 is 0 Å². The Morgan fingerprint density at radius 3 is 2.15 bits per heavy atom. The maximum absolute atomic E-state index is 4.83. The molecule has 0 saturated heterocycles. The van der Waals surface area contributed by atoms with Crippen LogP contribution in [0.2, 0.25) is 0 Å². The molecule has 1 aromatic heterocycles. The van der Waals surface area contributed by atoms with E-state index in [0.717, 1.165) is 11.6 Å². The highest BCUT2D eigenvalue weighted by molar-refractivity contribution is 6.40. The van der Waals surface area contributed by atoms with Gasteiger partial charge in [-0.05, 0) is 23.1 Å². The first-order valence-corrected chi connectivity index (χ1v) is 9.77. The predicted molar refractivity (Wildman–Crippen MR) is 116 cm³/mol.